The van der Waals surface area contributed by atoms with Gasteiger partial charge in [0.2, 0.25) is 0 Å². The summed E-state index contributed by atoms with van der Waals surface area (Å²) in [4.78, 5) is 10.3. The third kappa shape index (κ3) is 4.09. The highest BCUT2D eigenvalue weighted by molar-refractivity contribution is 5.85. The lowest BCUT2D eigenvalue weighted by Gasteiger charge is -2.20. The van der Waals surface area contributed by atoms with Gasteiger partial charge in [-0.1, -0.05) is 6.42 Å². The molecule has 1 aliphatic carbocycles. The lowest BCUT2D eigenvalue weighted by Crippen LogP contribution is -2.24. The molecule has 0 aromatic rings. The van der Waals surface area contributed by atoms with Crippen LogP contribution in [0.1, 0.15) is 32.1 Å². The number of rotatable bonds is 1. The van der Waals surface area contributed by atoms with Crippen LogP contribution in [0.5, 0.6) is 0 Å². The molecule has 4 heteroatoms. The van der Waals surface area contributed by atoms with Gasteiger partial charge in [-0.15, -0.1) is 12.4 Å². The first kappa shape index (κ1) is 10.6. The van der Waals surface area contributed by atoms with Crippen molar-refractivity contribution in [1.29, 1.82) is 0 Å². The normalized spacial score (nSPS) is 18.5. The van der Waals surface area contributed by atoms with E-state index in [0.717, 1.165) is 25.7 Å². The summed E-state index contributed by atoms with van der Waals surface area (Å²) < 4.78 is 4.83. The molecule has 0 aromatic carbocycles. The summed E-state index contributed by atoms with van der Waals surface area (Å²) in [6.07, 6.45) is 5.04. The quantitative estimate of drug-likeness (QED) is 0.668. The fourth-order valence-corrected chi connectivity index (χ4v) is 1.35. The zero-order valence-corrected chi connectivity index (χ0v) is 7.23. The molecule has 0 radical (unpaired) electrons. The summed E-state index contributed by atoms with van der Waals surface area (Å²) in [5.41, 5.74) is 4.86. The molecule has 1 aliphatic rings. The lowest BCUT2D eigenvalue weighted by atomic mass is 9.98. The number of primary amides is 1. The van der Waals surface area contributed by atoms with E-state index in [2.05, 4.69) is 0 Å². The van der Waals surface area contributed by atoms with Gasteiger partial charge in [0.1, 0.15) is 6.10 Å². The zero-order chi connectivity index (χ0) is 7.40. The van der Waals surface area contributed by atoms with Gasteiger partial charge in [-0.05, 0) is 25.7 Å². The van der Waals surface area contributed by atoms with E-state index in [0.29, 0.717) is 0 Å². The molecule has 1 rings (SSSR count). The Kier molecular flexibility index (Phi) is 5.03. The molecule has 1 saturated carbocycles. The molecule has 11 heavy (non-hydrogen) atoms. The summed E-state index contributed by atoms with van der Waals surface area (Å²) >= 11 is 0. The van der Waals surface area contributed by atoms with E-state index < -0.39 is 6.09 Å². The Morgan fingerprint density at radius 1 is 1.27 bits per heavy atom. The van der Waals surface area contributed by atoms with E-state index in [1.807, 2.05) is 0 Å². The van der Waals surface area contributed by atoms with Gasteiger partial charge < -0.3 is 10.5 Å². The standard InChI is InChI=1S/C7H13NO2.ClH/c8-7(9)10-6-4-2-1-3-5-6;/h6H,1-5H2,(H2,8,9);1H. The van der Waals surface area contributed by atoms with Crippen molar-refractivity contribution < 1.29 is 9.53 Å². The van der Waals surface area contributed by atoms with Gasteiger partial charge in [-0.25, -0.2) is 4.79 Å². The molecule has 1 fully saturated rings. The maximum absolute atomic E-state index is 10.3. The Morgan fingerprint density at radius 3 is 2.27 bits per heavy atom. The number of ether oxygens (including phenoxy) is 1. The topological polar surface area (TPSA) is 52.3 Å². The van der Waals surface area contributed by atoms with E-state index in [-0.39, 0.29) is 18.5 Å². The lowest BCUT2D eigenvalue weighted by molar-refractivity contribution is 0.0829. The van der Waals surface area contributed by atoms with Crippen LogP contribution >= 0.6 is 12.4 Å². The predicted molar refractivity (Wildman–Crippen MR) is 44.8 cm³/mol. The summed E-state index contributed by atoms with van der Waals surface area (Å²) in [5, 5.41) is 0. The van der Waals surface area contributed by atoms with Crippen molar-refractivity contribution in [3.05, 3.63) is 0 Å². The van der Waals surface area contributed by atoms with Crippen molar-refractivity contribution in [3.8, 4) is 0 Å². The molecule has 3 nitrogen and oxygen atoms in total. The van der Waals surface area contributed by atoms with Gasteiger partial charge in [-0.3, -0.25) is 0 Å². The van der Waals surface area contributed by atoms with Crippen LogP contribution in [-0.4, -0.2) is 12.2 Å². The van der Waals surface area contributed by atoms with Crippen molar-refractivity contribution in [2.75, 3.05) is 0 Å². The Labute approximate surface area is 72.7 Å². The zero-order valence-electron chi connectivity index (χ0n) is 6.41. The molecule has 66 valence electrons. The number of hydrogen-bond acceptors (Lipinski definition) is 2. The molecule has 0 aromatic heterocycles. The minimum absolute atomic E-state index is 0. The Hall–Kier alpha value is -0.440. The number of halogens is 1. The molecule has 0 unspecified atom stereocenters. The van der Waals surface area contributed by atoms with Crippen molar-refractivity contribution in [2.24, 2.45) is 5.73 Å². The first-order valence-corrected chi connectivity index (χ1v) is 3.75. The van der Waals surface area contributed by atoms with Crippen LogP contribution in [0.4, 0.5) is 4.79 Å². The van der Waals surface area contributed by atoms with Crippen LogP contribution in [-0.2, 0) is 4.74 Å². The third-order valence-electron chi connectivity index (χ3n) is 1.84. The highest BCUT2D eigenvalue weighted by atomic mass is 35.5. The maximum Gasteiger partial charge on any atom is 0.404 e. The first-order valence-electron chi connectivity index (χ1n) is 3.75. The van der Waals surface area contributed by atoms with Crippen molar-refractivity contribution in [2.45, 2.75) is 38.2 Å². The van der Waals surface area contributed by atoms with E-state index >= 15 is 0 Å². The van der Waals surface area contributed by atoms with Crippen molar-refractivity contribution in [1.82, 2.24) is 0 Å². The molecule has 0 aliphatic heterocycles. The molecule has 0 atom stereocenters. The molecule has 2 N–H and O–H groups in total. The summed E-state index contributed by atoms with van der Waals surface area (Å²) in [6, 6.07) is 0. The summed E-state index contributed by atoms with van der Waals surface area (Å²) in [6.45, 7) is 0. The van der Waals surface area contributed by atoms with Gasteiger partial charge >= 0.3 is 6.09 Å². The number of amides is 1. The minimum atomic E-state index is -0.632. The van der Waals surface area contributed by atoms with E-state index in [9.17, 15) is 4.79 Å². The highest BCUT2D eigenvalue weighted by Gasteiger charge is 2.15. The van der Waals surface area contributed by atoms with Gasteiger partial charge in [0.15, 0.2) is 0 Å². The predicted octanol–water partition coefficient (Wildman–Crippen LogP) is 1.84. The number of carbonyl (C=O) groups excluding carboxylic acids is 1. The maximum atomic E-state index is 10.3. The second-order valence-electron chi connectivity index (χ2n) is 2.70. The van der Waals surface area contributed by atoms with Crippen LogP contribution in [0.15, 0.2) is 0 Å². The molecule has 0 heterocycles. The molecule has 1 amide bonds. The fraction of sp³-hybridized carbons (Fsp3) is 0.857. The molecule has 0 spiro atoms. The van der Waals surface area contributed by atoms with Crippen LogP contribution in [0, 0.1) is 0 Å². The second-order valence-corrected chi connectivity index (χ2v) is 2.70. The Morgan fingerprint density at radius 2 is 1.82 bits per heavy atom. The Balaban J connectivity index is 0.000001000. The molecule has 0 saturated heterocycles. The summed E-state index contributed by atoms with van der Waals surface area (Å²) in [5.74, 6) is 0. The second kappa shape index (κ2) is 5.24. The van der Waals surface area contributed by atoms with Gasteiger partial charge in [0.25, 0.3) is 0 Å². The van der Waals surface area contributed by atoms with E-state index in [1.165, 1.54) is 6.42 Å². The number of nitrogens with two attached hydrogens (primary N) is 1. The van der Waals surface area contributed by atoms with Gasteiger partial charge in [0, 0.05) is 0 Å². The number of hydrogen-bond donors (Lipinski definition) is 1. The van der Waals surface area contributed by atoms with E-state index in [4.69, 9.17) is 10.5 Å². The highest BCUT2D eigenvalue weighted by Crippen LogP contribution is 2.19. The van der Waals surface area contributed by atoms with Crippen LogP contribution < -0.4 is 5.73 Å². The number of carbonyl (C=O) groups is 1. The van der Waals surface area contributed by atoms with E-state index in [1.54, 1.807) is 0 Å². The fourth-order valence-electron chi connectivity index (χ4n) is 1.35. The average Bonchev–Trinajstić information content (AvgIpc) is 1.88. The van der Waals surface area contributed by atoms with Crippen LogP contribution in [0.3, 0.4) is 0 Å². The monoisotopic (exact) mass is 179 g/mol. The first-order chi connectivity index (χ1) is 4.79. The Bertz CT molecular complexity index is 124. The molecular formula is C7H14ClNO2. The largest absolute Gasteiger partial charge is 0.446 e. The van der Waals surface area contributed by atoms with Crippen LogP contribution in [0.2, 0.25) is 0 Å². The van der Waals surface area contributed by atoms with Gasteiger partial charge in [0.05, 0.1) is 0 Å². The molecular weight excluding hydrogens is 166 g/mol. The average molecular weight is 180 g/mol. The smallest absolute Gasteiger partial charge is 0.404 e. The SMILES string of the molecule is Cl.NC(=O)OC1CCCCC1. The third-order valence-corrected chi connectivity index (χ3v) is 1.84. The van der Waals surface area contributed by atoms with Crippen molar-refractivity contribution in [3.63, 3.8) is 0 Å². The van der Waals surface area contributed by atoms with Crippen LogP contribution in [0.25, 0.3) is 0 Å². The minimum Gasteiger partial charge on any atom is -0.446 e. The molecule has 0 bridgehead atoms. The van der Waals surface area contributed by atoms with Gasteiger partial charge in [-0.2, -0.15) is 0 Å². The summed E-state index contributed by atoms with van der Waals surface area (Å²) in [7, 11) is 0. The van der Waals surface area contributed by atoms with Crippen molar-refractivity contribution >= 4 is 18.5 Å².